The van der Waals surface area contributed by atoms with Crippen molar-refractivity contribution in [2.24, 2.45) is 11.8 Å². The molecule has 2 heterocycles. The average Bonchev–Trinajstić information content (AvgIpc) is 3.26. The molecule has 3 aliphatic rings. The number of carbonyl (C=O) groups is 1. The molecule has 3 atom stereocenters. The molecule has 0 spiro atoms. The molecule has 2 saturated carbocycles. The van der Waals surface area contributed by atoms with E-state index < -0.39 is 0 Å². The number of rotatable bonds is 4. The van der Waals surface area contributed by atoms with Crippen LogP contribution in [0, 0.1) is 11.8 Å². The Kier molecular flexibility index (Phi) is 4.69. The van der Waals surface area contributed by atoms with Crippen molar-refractivity contribution in [3.63, 3.8) is 0 Å². The van der Waals surface area contributed by atoms with Gasteiger partial charge in [0.15, 0.2) is 0 Å². The summed E-state index contributed by atoms with van der Waals surface area (Å²) in [6.45, 7) is 4.50. The standard InChI is InChI=1S/C19H28N4O/c24-19(21-7-5-15-2-1-6-20-14-15)23-10-8-22(9-11-23)18-13-16-3-4-17(18)12-16/h1-2,6,14,16-18H,3-5,7-13H2,(H,21,24)/t16-,17-,18-/m0/s1. The Morgan fingerprint density at radius 3 is 2.75 bits per heavy atom. The van der Waals surface area contributed by atoms with E-state index in [1.165, 1.54) is 31.2 Å². The molecule has 1 aromatic rings. The number of amides is 2. The van der Waals surface area contributed by atoms with Crippen LogP contribution in [0.2, 0.25) is 0 Å². The third kappa shape index (κ3) is 3.41. The fraction of sp³-hybridized carbons (Fsp3) is 0.684. The number of fused-ring (bicyclic) bond motifs is 2. The maximum atomic E-state index is 12.3. The Balaban J connectivity index is 1.19. The number of aromatic nitrogens is 1. The summed E-state index contributed by atoms with van der Waals surface area (Å²) in [6.07, 6.45) is 10.2. The SMILES string of the molecule is O=C(NCCc1cccnc1)N1CCN([C@H]2C[C@H]3CC[C@H]2C3)CC1. The average molecular weight is 328 g/mol. The maximum Gasteiger partial charge on any atom is 0.317 e. The monoisotopic (exact) mass is 328 g/mol. The number of piperazine rings is 1. The van der Waals surface area contributed by atoms with Gasteiger partial charge in [-0.05, 0) is 49.1 Å². The highest BCUT2D eigenvalue weighted by molar-refractivity contribution is 5.74. The van der Waals surface area contributed by atoms with Gasteiger partial charge in [-0.25, -0.2) is 4.79 Å². The van der Waals surface area contributed by atoms with E-state index in [0.29, 0.717) is 6.54 Å². The van der Waals surface area contributed by atoms with Gasteiger partial charge in [-0.15, -0.1) is 0 Å². The Morgan fingerprint density at radius 2 is 2.08 bits per heavy atom. The topological polar surface area (TPSA) is 48.5 Å². The van der Waals surface area contributed by atoms with Gasteiger partial charge in [0, 0.05) is 51.2 Å². The van der Waals surface area contributed by atoms with E-state index in [1.54, 1.807) is 6.20 Å². The highest BCUT2D eigenvalue weighted by Gasteiger charge is 2.42. The van der Waals surface area contributed by atoms with E-state index in [9.17, 15) is 4.79 Å². The molecule has 5 heteroatoms. The lowest BCUT2D eigenvalue weighted by Crippen LogP contribution is -2.55. The predicted octanol–water partition coefficient (Wildman–Crippen LogP) is 2.14. The van der Waals surface area contributed by atoms with Gasteiger partial charge in [-0.3, -0.25) is 9.88 Å². The molecule has 4 rings (SSSR count). The smallest absolute Gasteiger partial charge is 0.317 e. The molecule has 3 fully saturated rings. The molecule has 0 unspecified atom stereocenters. The van der Waals surface area contributed by atoms with E-state index in [0.717, 1.165) is 50.5 Å². The Morgan fingerprint density at radius 1 is 1.21 bits per heavy atom. The van der Waals surface area contributed by atoms with Crippen LogP contribution in [0.1, 0.15) is 31.2 Å². The van der Waals surface area contributed by atoms with Crippen LogP contribution >= 0.6 is 0 Å². The van der Waals surface area contributed by atoms with Crippen molar-refractivity contribution in [1.29, 1.82) is 0 Å². The number of hydrogen-bond donors (Lipinski definition) is 1. The number of carbonyl (C=O) groups excluding carboxylic acids is 1. The van der Waals surface area contributed by atoms with Crippen molar-refractivity contribution in [3.05, 3.63) is 30.1 Å². The van der Waals surface area contributed by atoms with E-state index in [-0.39, 0.29) is 6.03 Å². The minimum atomic E-state index is 0.0893. The van der Waals surface area contributed by atoms with Crippen molar-refractivity contribution >= 4 is 6.03 Å². The van der Waals surface area contributed by atoms with Crippen LogP contribution in [0.4, 0.5) is 4.79 Å². The summed E-state index contributed by atoms with van der Waals surface area (Å²) in [5, 5.41) is 3.05. The molecule has 1 N–H and O–H groups in total. The number of urea groups is 1. The first-order chi connectivity index (χ1) is 11.8. The lowest BCUT2D eigenvalue weighted by molar-refractivity contribution is 0.0828. The highest BCUT2D eigenvalue weighted by Crippen LogP contribution is 2.46. The van der Waals surface area contributed by atoms with Crippen LogP contribution in [0.3, 0.4) is 0 Å². The van der Waals surface area contributed by atoms with Gasteiger partial charge in [-0.1, -0.05) is 12.5 Å². The van der Waals surface area contributed by atoms with Crippen molar-refractivity contribution in [1.82, 2.24) is 20.1 Å². The molecule has 130 valence electrons. The molecule has 1 aromatic heterocycles. The first-order valence-corrected chi connectivity index (χ1v) is 9.45. The van der Waals surface area contributed by atoms with E-state index in [1.807, 2.05) is 23.2 Å². The van der Waals surface area contributed by atoms with Gasteiger partial charge in [0.1, 0.15) is 0 Å². The van der Waals surface area contributed by atoms with Crippen molar-refractivity contribution < 1.29 is 4.79 Å². The summed E-state index contributed by atoms with van der Waals surface area (Å²) >= 11 is 0. The van der Waals surface area contributed by atoms with Crippen LogP contribution in [0.25, 0.3) is 0 Å². The molecule has 5 nitrogen and oxygen atoms in total. The Labute approximate surface area is 144 Å². The molecular formula is C19H28N4O. The summed E-state index contributed by atoms with van der Waals surface area (Å²) in [7, 11) is 0. The molecule has 2 aliphatic carbocycles. The first-order valence-electron chi connectivity index (χ1n) is 9.45. The molecule has 1 aliphatic heterocycles. The molecule has 0 radical (unpaired) electrons. The summed E-state index contributed by atoms with van der Waals surface area (Å²) in [5.41, 5.74) is 1.17. The van der Waals surface area contributed by atoms with Gasteiger partial charge in [0.25, 0.3) is 0 Å². The second kappa shape index (κ2) is 7.09. The first kappa shape index (κ1) is 15.9. The van der Waals surface area contributed by atoms with Crippen LogP contribution in [-0.4, -0.2) is 59.6 Å². The Bertz CT molecular complexity index is 556. The normalized spacial score (nSPS) is 29.8. The third-order valence-electron chi connectivity index (χ3n) is 6.18. The Hall–Kier alpha value is -1.62. The molecule has 0 aromatic carbocycles. The van der Waals surface area contributed by atoms with Crippen LogP contribution in [0.5, 0.6) is 0 Å². The van der Waals surface area contributed by atoms with Crippen molar-refractivity contribution in [3.8, 4) is 0 Å². The molecule has 2 amide bonds. The zero-order valence-corrected chi connectivity index (χ0v) is 14.4. The highest BCUT2D eigenvalue weighted by atomic mass is 16.2. The van der Waals surface area contributed by atoms with Gasteiger partial charge < -0.3 is 10.2 Å². The van der Waals surface area contributed by atoms with Gasteiger partial charge in [-0.2, -0.15) is 0 Å². The van der Waals surface area contributed by atoms with E-state index in [4.69, 9.17) is 0 Å². The molecule has 24 heavy (non-hydrogen) atoms. The summed E-state index contributed by atoms with van der Waals surface area (Å²) < 4.78 is 0. The fourth-order valence-electron chi connectivity index (χ4n) is 4.89. The fourth-order valence-corrected chi connectivity index (χ4v) is 4.89. The van der Waals surface area contributed by atoms with Crippen LogP contribution < -0.4 is 5.32 Å². The number of nitrogens with zero attached hydrogens (tertiary/aromatic N) is 3. The summed E-state index contributed by atoms with van der Waals surface area (Å²) in [6, 6.07) is 4.88. The largest absolute Gasteiger partial charge is 0.338 e. The van der Waals surface area contributed by atoms with Crippen LogP contribution in [-0.2, 0) is 6.42 Å². The quantitative estimate of drug-likeness (QED) is 0.921. The zero-order chi connectivity index (χ0) is 16.4. The zero-order valence-electron chi connectivity index (χ0n) is 14.4. The minimum absolute atomic E-state index is 0.0893. The number of pyridine rings is 1. The van der Waals surface area contributed by atoms with Crippen LogP contribution in [0.15, 0.2) is 24.5 Å². The van der Waals surface area contributed by atoms with E-state index in [2.05, 4.69) is 15.2 Å². The van der Waals surface area contributed by atoms with Gasteiger partial charge in [0.05, 0.1) is 0 Å². The minimum Gasteiger partial charge on any atom is -0.338 e. The van der Waals surface area contributed by atoms with Crippen molar-refractivity contribution in [2.45, 2.75) is 38.1 Å². The van der Waals surface area contributed by atoms with Crippen molar-refractivity contribution in [2.75, 3.05) is 32.7 Å². The molecule has 2 bridgehead atoms. The molecular weight excluding hydrogens is 300 g/mol. The summed E-state index contributed by atoms with van der Waals surface area (Å²) in [5.74, 6) is 1.93. The van der Waals surface area contributed by atoms with Gasteiger partial charge in [0.2, 0.25) is 0 Å². The number of hydrogen-bond acceptors (Lipinski definition) is 3. The molecule has 1 saturated heterocycles. The third-order valence-corrected chi connectivity index (χ3v) is 6.18. The second-order valence-electron chi connectivity index (χ2n) is 7.61. The second-order valence-corrected chi connectivity index (χ2v) is 7.61. The van der Waals surface area contributed by atoms with E-state index >= 15 is 0 Å². The maximum absolute atomic E-state index is 12.3. The predicted molar refractivity (Wildman–Crippen MR) is 93.7 cm³/mol. The van der Waals surface area contributed by atoms with Gasteiger partial charge >= 0.3 is 6.03 Å². The lowest BCUT2D eigenvalue weighted by atomic mass is 9.93. The summed E-state index contributed by atoms with van der Waals surface area (Å²) in [4.78, 5) is 21.1. The number of nitrogens with one attached hydrogen (secondary N) is 1. The lowest BCUT2D eigenvalue weighted by Gasteiger charge is -2.41.